The minimum Gasteiger partial charge on any atom is -0.486 e. The number of hydrogen-bond donors (Lipinski definition) is 0. The molecule has 28 heavy (non-hydrogen) atoms. The number of nitrogens with zero attached hydrogens (tertiary/aromatic N) is 3. The van der Waals surface area contributed by atoms with Gasteiger partial charge in [0.15, 0.2) is 0 Å². The van der Waals surface area contributed by atoms with Gasteiger partial charge in [-0.15, -0.1) is 0 Å². The molecule has 0 spiro atoms. The van der Waals surface area contributed by atoms with Gasteiger partial charge in [-0.25, -0.2) is 9.37 Å². The molecule has 0 fully saturated rings. The number of fused-ring (bicyclic) bond motifs is 1. The maximum atomic E-state index is 14.6. The van der Waals surface area contributed by atoms with Crippen molar-refractivity contribution in [3.8, 4) is 5.75 Å². The lowest BCUT2D eigenvalue weighted by atomic mass is 9.98. The summed E-state index contributed by atoms with van der Waals surface area (Å²) in [7, 11) is 1.91. The third-order valence-electron chi connectivity index (χ3n) is 5.02. The first-order valence-electron chi connectivity index (χ1n) is 9.33. The number of amides is 1. The molecule has 2 aromatic carbocycles. The molecule has 2 heterocycles. The van der Waals surface area contributed by atoms with Crippen LogP contribution in [0.15, 0.2) is 48.8 Å². The number of carbonyl (C=O) groups excluding carboxylic acids is 1. The second-order valence-electron chi connectivity index (χ2n) is 7.08. The Labute approximate surface area is 163 Å². The number of benzene rings is 2. The third-order valence-corrected chi connectivity index (χ3v) is 5.02. The first-order chi connectivity index (χ1) is 13.5. The Morgan fingerprint density at radius 1 is 1.25 bits per heavy atom. The molecule has 0 radical (unpaired) electrons. The molecule has 1 aliphatic heterocycles. The first-order valence-corrected chi connectivity index (χ1v) is 9.33. The summed E-state index contributed by atoms with van der Waals surface area (Å²) >= 11 is 0. The monoisotopic (exact) mass is 379 g/mol. The zero-order chi connectivity index (χ0) is 19.7. The van der Waals surface area contributed by atoms with E-state index in [2.05, 4.69) is 4.98 Å². The van der Waals surface area contributed by atoms with Crippen molar-refractivity contribution in [1.29, 1.82) is 0 Å². The van der Waals surface area contributed by atoms with Gasteiger partial charge in [-0.1, -0.05) is 6.07 Å². The van der Waals surface area contributed by atoms with E-state index in [-0.39, 0.29) is 11.7 Å². The molecule has 1 aliphatic rings. The average molecular weight is 379 g/mol. The van der Waals surface area contributed by atoms with Crippen LogP contribution in [-0.2, 0) is 20.1 Å². The number of rotatable bonds is 4. The zero-order valence-electron chi connectivity index (χ0n) is 16.0. The highest BCUT2D eigenvalue weighted by Gasteiger charge is 2.27. The second-order valence-corrected chi connectivity index (χ2v) is 7.08. The van der Waals surface area contributed by atoms with E-state index >= 15 is 0 Å². The summed E-state index contributed by atoms with van der Waals surface area (Å²) in [5.74, 6) is 0.939. The smallest absolute Gasteiger partial charge is 0.258 e. The van der Waals surface area contributed by atoms with E-state index in [0.717, 1.165) is 29.8 Å². The number of aryl methyl sites for hydroxylation is 3. The lowest BCUT2D eigenvalue weighted by molar-refractivity contribution is 0.0984. The largest absolute Gasteiger partial charge is 0.486 e. The van der Waals surface area contributed by atoms with Crippen LogP contribution in [0.5, 0.6) is 5.75 Å². The fourth-order valence-electron chi connectivity index (χ4n) is 3.57. The standard InChI is InChI=1S/C22H22FN3O2/c1-15-12-17-4-3-10-26(21(17)19(23)13-15)22(27)16-5-7-18(8-6-16)28-14-20-24-9-11-25(20)2/h5-9,11-13H,3-4,10,14H2,1-2H3. The predicted octanol–water partition coefficient (Wildman–Crippen LogP) is 4.04. The van der Waals surface area contributed by atoms with Crippen LogP contribution in [0.2, 0.25) is 0 Å². The van der Waals surface area contributed by atoms with E-state index in [9.17, 15) is 9.18 Å². The van der Waals surface area contributed by atoms with Gasteiger partial charge in [0.2, 0.25) is 0 Å². The maximum absolute atomic E-state index is 14.6. The summed E-state index contributed by atoms with van der Waals surface area (Å²) in [6, 6.07) is 10.4. The number of anilines is 1. The Bertz CT molecular complexity index is 1010. The van der Waals surface area contributed by atoms with Crippen LogP contribution in [0.4, 0.5) is 10.1 Å². The topological polar surface area (TPSA) is 47.4 Å². The number of halogens is 1. The highest BCUT2D eigenvalue weighted by atomic mass is 19.1. The van der Waals surface area contributed by atoms with Crippen molar-refractivity contribution < 1.29 is 13.9 Å². The van der Waals surface area contributed by atoms with Crippen LogP contribution < -0.4 is 9.64 Å². The number of hydrogen-bond acceptors (Lipinski definition) is 3. The molecular formula is C22H22FN3O2. The molecule has 1 aromatic heterocycles. The minimum atomic E-state index is -0.335. The summed E-state index contributed by atoms with van der Waals surface area (Å²) in [6.45, 7) is 2.73. The maximum Gasteiger partial charge on any atom is 0.258 e. The third kappa shape index (κ3) is 3.50. The van der Waals surface area contributed by atoms with E-state index in [1.807, 2.05) is 30.8 Å². The molecule has 0 N–H and O–H groups in total. The van der Waals surface area contributed by atoms with Crippen molar-refractivity contribution >= 4 is 11.6 Å². The fraction of sp³-hybridized carbons (Fsp3) is 0.273. The van der Waals surface area contributed by atoms with Gasteiger partial charge >= 0.3 is 0 Å². The minimum absolute atomic E-state index is 0.195. The van der Waals surface area contributed by atoms with Gasteiger partial charge in [0, 0.05) is 31.5 Å². The van der Waals surface area contributed by atoms with Crippen LogP contribution in [-0.4, -0.2) is 22.0 Å². The van der Waals surface area contributed by atoms with E-state index in [1.165, 1.54) is 6.07 Å². The van der Waals surface area contributed by atoms with Gasteiger partial charge in [0.1, 0.15) is 24.0 Å². The van der Waals surface area contributed by atoms with Crippen LogP contribution in [0.1, 0.15) is 33.7 Å². The molecule has 4 rings (SSSR count). The van der Waals surface area contributed by atoms with Crippen molar-refractivity contribution in [3.63, 3.8) is 0 Å². The van der Waals surface area contributed by atoms with E-state index in [0.29, 0.717) is 30.2 Å². The zero-order valence-corrected chi connectivity index (χ0v) is 16.0. The molecule has 0 aliphatic carbocycles. The van der Waals surface area contributed by atoms with Crippen molar-refractivity contribution in [2.45, 2.75) is 26.4 Å². The highest BCUT2D eigenvalue weighted by molar-refractivity contribution is 6.06. The Kier molecular flexibility index (Phi) is 4.86. The Morgan fingerprint density at radius 2 is 2.04 bits per heavy atom. The van der Waals surface area contributed by atoms with Gasteiger partial charge < -0.3 is 14.2 Å². The molecule has 5 nitrogen and oxygen atoms in total. The van der Waals surface area contributed by atoms with E-state index in [1.54, 1.807) is 35.4 Å². The molecule has 144 valence electrons. The number of carbonyl (C=O) groups is 1. The molecular weight excluding hydrogens is 357 g/mol. The lowest BCUT2D eigenvalue weighted by Gasteiger charge is -2.30. The van der Waals surface area contributed by atoms with Gasteiger partial charge in [-0.3, -0.25) is 4.79 Å². The average Bonchev–Trinajstić information content (AvgIpc) is 3.10. The van der Waals surface area contributed by atoms with Crippen LogP contribution in [0, 0.1) is 12.7 Å². The molecule has 6 heteroatoms. The predicted molar refractivity (Wildman–Crippen MR) is 105 cm³/mol. The summed E-state index contributed by atoms with van der Waals surface area (Å²) in [6.07, 6.45) is 5.19. The van der Waals surface area contributed by atoms with E-state index < -0.39 is 0 Å². The number of ether oxygens (including phenoxy) is 1. The highest BCUT2D eigenvalue weighted by Crippen LogP contribution is 2.32. The van der Waals surface area contributed by atoms with Crippen LogP contribution in [0.3, 0.4) is 0 Å². The van der Waals surface area contributed by atoms with Crippen molar-refractivity contribution in [2.24, 2.45) is 7.05 Å². The number of aromatic nitrogens is 2. The van der Waals surface area contributed by atoms with Gasteiger partial charge in [-0.2, -0.15) is 0 Å². The normalized spacial score (nSPS) is 13.3. The van der Waals surface area contributed by atoms with Crippen LogP contribution in [0.25, 0.3) is 0 Å². The molecule has 0 bridgehead atoms. The van der Waals surface area contributed by atoms with Gasteiger partial charge in [0.25, 0.3) is 5.91 Å². The summed E-state index contributed by atoms with van der Waals surface area (Å²) < 4.78 is 22.2. The van der Waals surface area contributed by atoms with Gasteiger partial charge in [-0.05, 0) is 61.2 Å². The van der Waals surface area contributed by atoms with Crippen molar-refractivity contribution in [1.82, 2.24) is 9.55 Å². The summed E-state index contributed by atoms with van der Waals surface area (Å²) in [5.41, 5.74) is 2.70. The SMILES string of the molecule is Cc1cc(F)c2c(c1)CCCN2C(=O)c1ccc(OCc2nccn2C)cc1. The van der Waals surface area contributed by atoms with Crippen molar-refractivity contribution in [3.05, 3.63) is 77.1 Å². The Hall–Kier alpha value is -3.15. The molecule has 3 aromatic rings. The number of imidazole rings is 1. The second kappa shape index (κ2) is 7.46. The quantitative estimate of drug-likeness (QED) is 0.687. The fourth-order valence-corrected chi connectivity index (χ4v) is 3.57. The summed E-state index contributed by atoms with van der Waals surface area (Å²) in [5, 5.41) is 0. The van der Waals surface area contributed by atoms with Gasteiger partial charge in [0.05, 0.1) is 5.69 Å². The summed E-state index contributed by atoms with van der Waals surface area (Å²) in [4.78, 5) is 18.8. The molecule has 0 saturated heterocycles. The Morgan fingerprint density at radius 3 is 2.75 bits per heavy atom. The first kappa shape index (κ1) is 18.2. The van der Waals surface area contributed by atoms with Crippen LogP contribution >= 0.6 is 0 Å². The Balaban J connectivity index is 1.51. The molecule has 0 saturated carbocycles. The molecule has 0 unspecified atom stereocenters. The molecule has 1 amide bonds. The van der Waals surface area contributed by atoms with E-state index in [4.69, 9.17) is 4.74 Å². The molecule has 0 atom stereocenters. The van der Waals surface area contributed by atoms with Crippen molar-refractivity contribution in [2.75, 3.05) is 11.4 Å². The lowest BCUT2D eigenvalue weighted by Crippen LogP contribution is -2.36.